The maximum Gasteiger partial charge on any atom is 0.223 e. The highest BCUT2D eigenvalue weighted by molar-refractivity contribution is 7.88. The van der Waals surface area contributed by atoms with E-state index < -0.39 is 10.0 Å². The Labute approximate surface area is 235 Å². The molecule has 12 nitrogen and oxygen atoms in total. The molecule has 0 amide bonds. The number of aliphatic imine (C=N–C) groups is 1. The summed E-state index contributed by atoms with van der Waals surface area (Å²) in [4.78, 5) is 9.18. The van der Waals surface area contributed by atoms with Gasteiger partial charge in [-0.1, -0.05) is 23.8 Å². The third-order valence-corrected chi connectivity index (χ3v) is 8.37. The summed E-state index contributed by atoms with van der Waals surface area (Å²) < 4.78 is 32.3. The maximum absolute atomic E-state index is 11.9. The van der Waals surface area contributed by atoms with Gasteiger partial charge >= 0.3 is 0 Å². The standard InChI is InChI=1S/C27H37N9O3S/c1-21-5-4-6-22(17-21)24-7-8-36(31-24)27-19-26(34-13-15-39-16-14-34)29-25(30-27)18-23(28)20-33-9-11-35(12-10-33)32(2)40(3,37)38/h4-8,17-19,28-29H,9-16,20H2,1-3H3/b25-18+,28-23?. The van der Waals surface area contributed by atoms with Gasteiger partial charge in [-0.15, -0.1) is 4.41 Å². The quantitative estimate of drug-likeness (QED) is 0.478. The first-order valence-corrected chi connectivity index (χ1v) is 15.2. The van der Waals surface area contributed by atoms with Gasteiger partial charge in [0.25, 0.3) is 0 Å². The molecule has 0 saturated carbocycles. The number of nitrogens with one attached hydrogen (secondary N) is 2. The molecule has 0 aliphatic carbocycles. The monoisotopic (exact) mass is 567 g/mol. The third-order valence-electron chi connectivity index (χ3n) is 7.18. The zero-order valence-corrected chi connectivity index (χ0v) is 24.1. The Balaban J connectivity index is 1.32. The number of hydrogen-bond donors (Lipinski definition) is 2. The number of aromatic nitrogens is 2. The van der Waals surface area contributed by atoms with Crippen LogP contribution in [0.25, 0.3) is 11.3 Å². The van der Waals surface area contributed by atoms with Crippen LogP contribution in [0, 0.1) is 12.3 Å². The van der Waals surface area contributed by atoms with Gasteiger partial charge in [-0.25, -0.2) is 23.1 Å². The molecule has 0 spiro atoms. The molecule has 2 N–H and O–H groups in total. The molecule has 40 heavy (non-hydrogen) atoms. The van der Waals surface area contributed by atoms with Gasteiger partial charge < -0.3 is 20.4 Å². The number of hydrogen-bond acceptors (Lipinski definition) is 10. The van der Waals surface area contributed by atoms with Crippen LogP contribution >= 0.6 is 0 Å². The minimum atomic E-state index is -3.28. The molecular weight excluding hydrogens is 530 g/mol. The van der Waals surface area contributed by atoms with Crippen molar-refractivity contribution in [2.24, 2.45) is 4.99 Å². The Hall–Kier alpha value is -3.36. The van der Waals surface area contributed by atoms with E-state index in [0.29, 0.717) is 63.3 Å². The van der Waals surface area contributed by atoms with E-state index in [0.717, 1.165) is 30.2 Å². The number of piperazine rings is 1. The van der Waals surface area contributed by atoms with Crippen LogP contribution in [0.2, 0.25) is 0 Å². The van der Waals surface area contributed by atoms with E-state index >= 15 is 0 Å². The summed E-state index contributed by atoms with van der Waals surface area (Å²) in [6.07, 6.45) is 6.86. The number of ether oxygens (including phenoxy) is 1. The van der Waals surface area contributed by atoms with E-state index in [1.54, 1.807) is 17.8 Å². The average Bonchev–Trinajstić information content (AvgIpc) is 3.44. The molecule has 2 saturated heterocycles. The van der Waals surface area contributed by atoms with Gasteiger partial charge in [-0.05, 0) is 19.1 Å². The van der Waals surface area contributed by atoms with Crippen molar-refractivity contribution in [1.82, 2.24) is 34.3 Å². The zero-order chi connectivity index (χ0) is 28.3. The van der Waals surface area contributed by atoms with Crippen molar-refractivity contribution >= 4 is 21.6 Å². The van der Waals surface area contributed by atoms with Gasteiger partial charge in [0.05, 0.1) is 25.2 Å². The Morgan fingerprint density at radius 1 is 1.15 bits per heavy atom. The van der Waals surface area contributed by atoms with Crippen LogP contribution in [-0.4, -0.2) is 121 Å². The van der Waals surface area contributed by atoms with Gasteiger partial charge in [0.2, 0.25) is 10.0 Å². The summed E-state index contributed by atoms with van der Waals surface area (Å²) in [6, 6.07) is 10.2. The summed E-state index contributed by atoms with van der Waals surface area (Å²) in [7, 11) is -1.71. The molecule has 0 atom stereocenters. The van der Waals surface area contributed by atoms with Crippen LogP contribution in [0.3, 0.4) is 0 Å². The van der Waals surface area contributed by atoms with Crippen LogP contribution in [0.15, 0.2) is 65.3 Å². The second kappa shape index (κ2) is 12.0. The molecule has 4 heterocycles. The van der Waals surface area contributed by atoms with Gasteiger partial charge in [0, 0.05) is 82.5 Å². The Morgan fingerprint density at radius 3 is 2.60 bits per heavy atom. The van der Waals surface area contributed by atoms with E-state index in [1.165, 1.54) is 16.2 Å². The molecule has 1 aromatic carbocycles. The SMILES string of the molecule is Cc1cccc(-c2ccn(C3=N/C(=C/C(=N)CN4CCN(N(C)S(C)(=O)=O)CC4)NC(N4CCOCC4)=C3)n2)c1. The lowest BCUT2D eigenvalue weighted by atomic mass is 10.1. The molecular formula is C27H37N9O3S. The van der Waals surface area contributed by atoms with E-state index in [4.69, 9.17) is 20.2 Å². The average molecular weight is 568 g/mol. The molecule has 5 rings (SSSR count). The Morgan fingerprint density at radius 2 is 1.90 bits per heavy atom. The fourth-order valence-electron chi connectivity index (χ4n) is 4.88. The molecule has 3 aliphatic rings. The van der Waals surface area contributed by atoms with E-state index in [9.17, 15) is 8.42 Å². The number of rotatable bonds is 7. The Bertz CT molecular complexity index is 1430. The first kappa shape index (κ1) is 28.2. The second-order valence-electron chi connectivity index (χ2n) is 10.2. The van der Waals surface area contributed by atoms with Gasteiger partial charge in [0.1, 0.15) is 11.6 Å². The topological polar surface area (TPSA) is 122 Å². The summed E-state index contributed by atoms with van der Waals surface area (Å²) >= 11 is 0. The van der Waals surface area contributed by atoms with Gasteiger partial charge in [0.15, 0.2) is 5.84 Å². The van der Waals surface area contributed by atoms with Crippen molar-refractivity contribution in [3.05, 3.63) is 65.9 Å². The van der Waals surface area contributed by atoms with Crippen molar-refractivity contribution in [2.45, 2.75) is 6.92 Å². The fourth-order valence-corrected chi connectivity index (χ4v) is 5.46. The predicted molar refractivity (Wildman–Crippen MR) is 155 cm³/mol. The van der Waals surface area contributed by atoms with Crippen molar-refractivity contribution < 1.29 is 13.2 Å². The van der Waals surface area contributed by atoms with Crippen molar-refractivity contribution in [1.29, 1.82) is 5.41 Å². The minimum absolute atomic E-state index is 0.416. The molecule has 2 aromatic rings. The van der Waals surface area contributed by atoms with Crippen LogP contribution in [0.1, 0.15) is 5.56 Å². The first-order valence-electron chi connectivity index (χ1n) is 13.4. The first-order chi connectivity index (χ1) is 19.2. The van der Waals surface area contributed by atoms with Crippen LogP contribution in [0.5, 0.6) is 0 Å². The lowest BCUT2D eigenvalue weighted by Crippen LogP contribution is -2.54. The number of allylic oxidation sites excluding steroid dienone is 1. The van der Waals surface area contributed by atoms with Gasteiger partial charge in [-0.3, -0.25) is 4.90 Å². The third kappa shape index (κ3) is 6.85. The van der Waals surface area contributed by atoms with Crippen LogP contribution in [0.4, 0.5) is 0 Å². The number of hydrazine groups is 1. The van der Waals surface area contributed by atoms with E-state index in [2.05, 4.69) is 34.2 Å². The van der Waals surface area contributed by atoms with Crippen LogP contribution < -0.4 is 5.32 Å². The maximum atomic E-state index is 11.9. The lowest BCUT2D eigenvalue weighted by molar-refractivity contribution is 0.0295. The normalized spacial score (nSPS) is 20.4. The minimum Gasteiger partial charge on any atom is -0.378 e. The second-order valence-corrected chi connectivity index (χ2v) is 12.2. The highest BCUT2D eigenvalue weighted by Gasteiger charge is 2.25. The lowest BCUT2D eigenvalue weighted by Gasteiger charge is -2.38. The van der Waals surface area contributed by atoms with E-state index in [1.807, 2.05) is 35.5 Å². The highest BCUT2D eigenvalue weighted by Crippen LogP contribution is 2.20. The number of sulfonamides is 1. The summed E-state index contributed by atoms with van der Waals surface area (Å²) in [6.45, 7) is 7.84. The zero-order valence-electron chi connectivity index (χ0n) is 23.2. The predicted octanol–water partition coefficient (Wildman–Crippen LogP) is 1.17. The number of benzene rings is 1. The molecule has 214 valence electrons. The Kier molecular flexibility index (Phi) is 8.47. The number of morpholine rings is 1. The molecule has 13 heteroatoms. The van der Waals surface area contributed by atoms with E-state index in [-0.39, 0.29) is 0 Å². The molecule has 3 aliphatic heterocycles. The molecule has 1 aromatic heterocycles. The van der Waals surface area contributed by atoms with Crippen LogP contribution in [-0.2, 0) is 14.8 Å². The molecule has 0 unspecified atom stereocenters. The highest BCUT2D eigenvalue weighted by atomic mass is 32.2. The summed E-state index contributed by atoms with van der Waals surface area (Å²) in [5.41, 5.74) is 3.50. The van der Waals surface area contributed by atoms with Gasteiger partial charge in [-0.2, -0.15) is 5.10 Å². The van der Waals surface area contributed by atoms with Crippen molar-refractivity contribution in [3.63, 3.8) is 0 Å². The summed E-state index contributed by atoms with van der Waals surface area (Å²) in [5.74, 6) is 2.14. The summed E-state index contributed by atoms with van der Waals surface area (Å²) in [5, 5.41) is 18.7. The smallest absolute Gasteiger partial charge is 0.223 e. The molecule has 0 radical (unpaired) electrons. The van der Waals surface area contributed by atoms with Crippen molar-refractivity contribution in [2.75, 3.05) is 72.3 Å². The number of nitrogens with zero attached hydrogens (tertiary/aromatic N) is 7. The van der Waals surface area contributed by atoms with Crippen molar-refractivity contribution in [3.8, 4) is 11.3 Å². The molecule has 2 fully saturated rings. The fraction of sp³-hybridized carbons (Fsp3) is 0.444. The molecule has 0 bridgehead atoms. The number of aryl methyl sites for hydroxylation is 1. The largest absolute Gasteiger partial charge is 0.378 e.